The number of nitriles is 1. The van der Waals surface area contributed by atoms with Crippen LogP contribution in [0.4, 0.5) is 10.8 Å². The highest BCUT2D eigenvalue weighted by atomic mass is 32.1. The second kappa shape index (κ2) is 18.7. The number of carbonyl (C=O) groups is 4. The van der Waals surface area contributed by atoms with Gasteiger partial charge in [0.2, 0.25) is 5.13 Å². The largest absolute Gasteiger partial charge is 0.508 e. The van der Waals surface area contributed by atoms with Gasteiger partial charge in [0.25, 0.3) is 0 Å². The number of phenolic OH excluding ortho intramolecular Hbond substituents is 2. The quantitative estimate of drug-likeness (QED) is 0.0688. The van der Waals surface area contributed by atoms with Crippen LogP contribution in [0.1, 0.15) is 62.5 Å². The van der Waals surface area contributed by atoms with Crippen molar-refractivity contribution in [1.29, 1.82) is 5.26 Å². The highest BCUT2D eigenvalue weighted by Crippen LogP contribution is 2.39. The number of aromatic nitrogens is 1. The molecule has 0 unspecified atom stereocenters. The lowest BCUT2D eigenvalue weighted by Gasteiger charge is -2.26. The molecule has 2 fully saturated rings. The SMILES string of the molecule is N#Cc1ccc(N=Nc2nc3c(OC(=O)C4CCC(C(=O)Oc5ccc(O)cc5)CC4)ccc(CCOC(=O)C4CCC(C(=O)Oc5ccc(O)cc5)CC4)c3s2)cc1. The highest BCUT2D eigenvalue weighted by Gasteiger charge is 2.34. The van der Waals surface area contributed by atoms with E-state index in [0.29, 0.717) is 95.9 Å². The standard InChI is InChI=1S/C44H40N4O10S/c45-25-26-1-12-32(13-2-26)47-48-44-46-38-37(58-43(54)31-9-7-30(8-10-31)42(53)57-36-20-16-34(50)17-21-36)22-11-27(39(38)59-44)23-24-55-40(51)28-3-5-29(6-4-28)41(52)56-35-18-14-33(49)15-19-35/h1-2,11-22,28-31,49-50H,3-10,23-24H2. The van der Waals surface area contributed by atoms with Crippen molar-refractivity contribution in [3.63, 3.8) is 0 Å². The van der Waals surface area contributed by atoms with Crippen LogP contribution in [0.2, 0.25) is 0 Å². The molecule has 2 aliphatic carbocycles. The summed E-state index contributed by atoms with van der Waals surface area (Å²) in [6.45, 7) is 0.0916. The van der Waals surface area contributed by atoms with Crippen molar-refractivity contribution in [2.75, 3.05) is 6.61 Å². The molecule has 1 heterocycles. The van der Waals surface area contributed by atoms with Crippen LogP contribution in [0.3, 0.4) is 0 Å². The fourth-order valence-electron chi connectivity index (χ4n) is 7.18. The third kappa shape index (κ3) is 10.5. The van der Waals surface area contributed by atoms with Gasteiger partial charge in [0.15, 0.2) is 5.75 Å². The average molecular weight is 817 g/mol. The lowest BCUT2D eigenvalue weighted by molar-refractivity contribution is -0.152. The fraction of sp³-hybridized carbons (Fsp3) is 0.318. The Morgan fingerprint density at radius 3 is 1.64 bits per heavy atom. The van der Waals surface area contributed by atoms with Crippen LogP contribution in [0.15, 0.2) is 95.2 Å². The average Bonchev–Trinajstić information content (AvgIpc) is 3.70. The number of fused-ring (bicyclic) bond motifs is 1. The monoisotopic (exact) mass is 816 g/mol. The van der Waals surface area contributed by atoms with Gasteiger partial charge < -0.3 is 29.2 Å². The van der Waals surface area contributed by atoms with Gasteiger partial charge in [-0.05, 0) is 136 Å². The molecule has 2 aliphatic rings. The number of ether oxygens (including phenoxy) is 4. The maximum atomic E-state index is 13.5. The number of thiazole rings is 1. The van der Waals surface area contributed by atoms with Gasteiger partial charge in [-0.3, -0.25) is 19.2 Å². The zero-order valence-corrected chi connectivity index (χ0v) is 32.6. The molecule has 302 valence electrons. The van der Waals surface area contributed by atoms with E-state index >= 15 is 0 Å². The Hall–Kier alpha value is -6.66. The second-order valence-electron chi connectivity index (χ2n) is 14.5. The number of rotatable bonds is 12. The molecule has 5 aromatic rings. The molecule has 1 aromatic heterocycles. The number of aromatic hydroxyl groups is 2. The lowest BCUT2D eigenvalue weighted by Crippen LogP contribution is -2.30. The van der Waals surface area contributed by atoms with Crippen molar-refractivity contribution in [3.8, 4) is 34.8 Å². The van der Waals surface area contributed by atoms with Crippen LogP contribution in [0, 0.1) is 35.0 Å². The molecule has 7 rings (SSSR count). The summed E-state index contributed by atoms with van der Waals surface area (Å²) in [6, 6.07) is 24.0. The van der Waals surface area contributed by atoms with Crippen molar-refractivity contribution in [2.24, 2.45) is 33.9 Å². The van der Waals surface area contributed by atoms with Crippen LogP contribution >= 0.6 is 11.3 Å². The molecule has 0 atom stereocenters. The minimum Gasteiger partial charge on any atom is -0.508 e. The van der Waals surface area contributed by atoms with Crippen LogP contribution in [-0.4, -0.2) is 45.7 Å². The van der Waals surface area contributed by atoms with Gasteiger partial charge >= 0.3 is 23.9 Å². The van der Waals surface area contributed by atoms with Crippen LogP contribution in [-0.2, 0) is 30.3 Å². The summed E-state index contributed by atoms with van der Waals surface area (Å²) in [5.41, 5.74) is 2.22. The summed E-state index contributed by atoms with van der Waals surface area (Å²) in [4.78, 5) is 56.7. The Kier molecular flexibility index (Phi) is 12.9. The van der Waals surface area contributed by atoms with Gasteiger partial charge in [-0.1, -0.05) is 17.4 Å². The van der Waals surface area contributed by atoms with Crippen molar-refractivity contribution < 1.29 is 48.3 Å². The smallest absolute Gasteiger partial charge is 0.314 e. The van der Waals surface area contributed by atoms with Gasteiger partial charge in [-0.25, -0.2) is 4.98 Å². The number of carbonyl (C=O) groups excluding carboxylic acids is 4. The van der Waals surface area contributed by atoms with Crippen molar-refractivity contribution >= 4 is 56.2 Å². The molecule has 4 aromatic carbocycles. The number of phenols is 2. The Bertz CT molecular complexity index is 2370. The van der Waals surface area contributed by atoms with Gasteiger partial charge in [0.1, 0.15) is 28.5 Å². The Labute approximate surface area is 343 Å². The first-order valence-corrected chi connectivity index (χ1v) is 20.2. The van der Waals surface area contributed by atoms with E-state index in [2.05, 4.69) is 21.3 Å². The highest BCUT2D eigenvalue weighted by molar-refractivity contribution is 7.22. The van der Waals surface area contributed by atoms with Crippen molar-refractivity contribution in [2.45, 2.75) is 57.8 Å². The van der Waals surface area contributed by atoms with Crippen molar-refractivity contribution in [1.82, 2.24) is 4.98 Å². The molecule has 14 nitrogen and oxygen atoms in total. The summed E-state index contributed by atoms with van der Waals surface area (Å²) in [5.74, 6) is -1.91. The fourth-order valence-corrected chi connectivity index (χ4v) is 8.12. The molecular weight excluding hydrogens is 777 g/mol. The first-order valence-electron chi connectivity index (χ1n) is 19.4. The molecule has 0 aliphatic heterocycles. The third-order valence-corrected chi connectivity index (χ3v) is 11.6. The molecule has 0 spiro atoms. The molecular formula is C44H40N4O10S. The third-order valence-electron chi connectivity index (χ3n) is 10.5. The van der Waals surface area contributed by atoms with Gasteiger partial charge in [-0.15, -0.1) is 10.2 Å². The molecule has 0 bridgehead atoms. The van der Waals surface area contributed by atoms with E-state index in [-0.39, 0.29) is 59.5 Å². The Morgan fingerprint density at radius 2 is 1.14 bits per heavy atom. The number of azo groups is 1. The molecule has 2 N–H and O–H groups in total. The zero-order chi connectivity index (χ0) is 41.3. The van der Waals surface area contributed by atoms with E-state index in [1.165, 1.54) is 59.9 Å². The van der Waals surface area contributed by atoms with E-state index < -0.39 is 11.9 Å². The first-order chi connectivity index (χ1) is 28.6. The van der Waals surface area contributed by atoms with E-state index in [1.807, 2.05) is 0 Å². The molecule has 2 saturated carbocycles. The number of hydrogen-bond acceptors (Lipinski definition) is 15. The number of esters is 4. The summed E-state index contributed by atoms with van der Waals surface area (Å²) in [7, 11) is 0. The van der Waals surface area contributed by atoms with Crippen LogP contribution in [0.25, 0.3) is 10.2 Å². The lowest BCUT2D eigenvalue weighted by atomic mass is 9.82. The molecule has 15 heteroatoms. The molecule has 0 saturated heterocycles. The number of hydrogen-bond donors (Lipinski definition) is 2. The normalized spacial score (nSPS) is 19.1. The van der Waals surface area contributed by atoms with Gasteiger partial charge in [0, 0.05) is 6.42 Å². The minimum atomic E-state index is -0.435. The Balaban J connectivity index is 0.971. The van der Waals surface area contributed by atoms with Crippen molar-refractivity contribution in [3.05, 3.63) is 96.1 Å². The topological polar surface area (TPSA) is 207 Å². The number of benzene rings is 4. The summed E-state index contributed by atoms with van der Waals surface area (Å²) in [5, 5.41) is 37.0. The van der Waals surface area contributed by atoms with Crippen LogP contribution < -0.4 is 14.2 Å². The molecule has 0 radical (unpaired) electrons. The van der Waals surface area contributed by atoms with E-state index in [1.54, 1.807) is 36.4 Å². The van der Waals surface area contributed by atoms with E-state index in [4.69, 9.17) is 24.2 Å². The molecule has 59 heavy (non-hydrogen) atoms. The maximum Gasteiger partial charge on any atom is 0.314 e. The predicted molar refractivity (Wildman–Crippen MR) is 214 cm³/mol. The molecule has 0 amide bonds. The van der Waals surface area contributed by atoms with Gasteiger partial charge in [0.05, 0.1) is 52.3 Å². The van der Waals surface area contributed by atoms with Gasteiger partial charge in [-0.2, -0.15) is 5.26 Å². The van der Waals surface area contributed by atoms with E-state index in [0.717, 1.165) is 5.56 Å². The summed E-state index contributed by atoms with van der Waals surface area (Å²) in [6.07, 6.45) is 4.11. The second-order valence-corrected chi connectivity index (χ2v) is 15.5. The maximum absolute atomic E-state index is 13.5. The van der Waals surface area contributed by atoms with Crippen LogP contribution in [0.5, 0.6) is 28.7 Å². The zero-order valence-electron chi connectivity index (χ0n) is 31.8. The summed E-state index contributed by atoms with van der Waals surface area (Å²) >= 11 is 1.25. The minimum absolute atomic E-state index is 0.0692. The first kappa shape index (κ1) is 40.5. The predicted octanol–water partition coefficient (Wildman–Crippen LogP) is 8.81. The summed E-state index contributed by atoms with van der Waals surface area (Å²) < 4.78 is 23.3. The number of nitrogens with zero attached hydrogens (tertiary/aromatic N) is 4. The van der Waals surface area contributed by atoms with E-state index in [9.17, 15) is 29.4 Å². The Morgan fingerprint density at radius 1 is 0.644 bits per heavy atom.